The van der Waals surface area contributed by atoms with Crippen LogP contribution < -0.4 is 5.32 Å². The van der Waals surface area contributed by atoms with Gasteiger partial charge in [0.1, 0.15) is 12.6 Å². The maximum absolute atomic E-state index is 13.4. The summed E-state index contributed by atoms with van der Waals surface area (Å²) < 4.78 is 2.27. The maximum atomic E-state index is 13.4. The second-order valence-corrected chi connectivity index (χ2v) is 9.37. The Labute approximate surface area is 212 Å². The minimum atomic E-state index is -0.629. The van der Waals surface area contributed by atoms with Crippen molar-refractivity contribution < 1.29 is 14.4 Å². The van der Waals surface area contributed by atoms with Crippen molar-refractivity contribution in [3.8, 4) is 0 Å². The zero-order chi connectivity index (χ0) is 25.7. The molecule has 1 N–H and O–H groups in total. The largest absolute Gasteiger partial charge is 0.392 e. The molecule has 2 amide bonds. The zero-order valence-corrected chi connectivity index (χ0v) is 21.4. The van der Waals surface area contributed by atoms with Crippen molar-refractivity contribution in [2.45, 2.75) is 38.8 Å². The number of benzene rings is 2. The second-order valence-electron chi connectivity index (χ2n) is 9.37. The maximum Gasteiger partial charge on any atom is 0.247 e. The molecule has 8 nitrogen and oxygen atoms in total. The van der Waals surface area contributed by atoms with Crippen LogP contribution in [-0.4, -0.2) is 71.7 Å². The number of nitrogens with one attached hydrogen (secondary N) is 1. The number of carbonyl (C=O) groups excluding carboxylic acids is 2. The molecule has 4 rings (SSSR count). The van der Waals surface area contributed by atoms with E-state index in [1.807, 2.05) is 49.3 Å². The predicted octanol–water partition coefficient (Wildman–Crippen LogP) is 4.25. The molecule has 3 aromatic rings. The number of hydrogen-bond donors (Lipinski definition) is 1. The van der Waals surface area contributed by atoms with Gasteiger partial charge in [-0.1, -0.05) is 36.0 Å². The molecule has 1 fully saturated rings. The molecule has 0 radical (unpaired) electrons. The summed E-state index contributed by atoms with van der Waals surface area (Å²) in [6, 6.07) is 13.6. The molecule has 2 heterocycles. The summed E-state index contributed by atoms with van der Waals surface area (Å²) in [5, 5.41) is 9.44. The molecule has 0 unspecified atom stereocenters. The molecule has 36 heavy (non-hydrogen) atoms. The van der Waals surface area contributed by atoms with Crippen LogP contribution in [0.2, 0.25) is 0 Å². The Morgan fingerprint density at radius 3 is 2.72 bits per heavy atom. The summed E-state index contributed by atoms with van der Waals surface area (Å²) in [5.41, 5.74) is 3.69. The van der Waals surface area contributed by atoms with Gasteiger partial charge in [0.15, 0.2) is 0 Å². The molecule has 8 heteroatoms. The second kappa shape index (κ2) is 11.4. The number of rotatable bonds is 10. The first kappa shape index (κ1) is 25.4. The highest BCUT2D eigenvalue weighted by molar-refractivity contribution is 6.11. The van der Waals surface area contributed by atoms with Crippen LogP contribution in [0, 0.1) is 0 Å². The van der Waals surface area contributed by atoms with Gasteiger partial charge in [-0.3, -0.25) is 9.59 Å². The van der Waals surface area contributed by atoms with Gasteiger partial charge >= 0.3 is 0 Å². The van der Waals surface area contributed by atoms with Gasteiger partial charge in [-0.2, -0.15) is 0 Å². The molecule has 0 spiro atoms. The summed E-state index contributed by atoms with van der Waals surface area (Å²) in [4.78, 5) is 35.4. The molecule has 1 aliphatic rings. The van der Waals surface area contributed by atoms with Crippen LogP contribution in [0.4, 0.5) is 5.69 Å². The highest BCUT2D eigenvalue weighted by atomic mass is 16.6. The monoisotopic (exact) mass is 489 g/mol. The van der Waals surface area contributed by atoms with Crippen molar-refractivity contribution in [3.05, 3.63) is 55.1 Å². The number of hydrogen-bond acceptors (Lipinski definition) is 5. The first-order chi connectivity index (χ1) is 17.4. The van der Waals surface area contributed by atoms with Gasteiger partial charge in [0.2, 0.25) is 11.8 Å². The minimum Gasteiger partial charge on any atom is -0.392 e. The number of nitrogens with zero attached hydrogens (tertiary/aromatic N) is 4. The van der Waals surface area contributed by atoms with E-state index in [0.29, 0.717) is 30.8 Å². The number of aromatic nitrogens is 1. The van der Waals surface area contributed by atoms with Crippen LogP contribution in [0.15, 0.2) is 60.3 Å². The van der Waals surface area contributed by atoms with Gasteiger partial charge in [-0.15, -0.1) is 0 Å². The topological polar surface area (TPSA) is 79.2 Å². The van der Waals surface area contributed by atoms with E-state index in [9.17, 15) is 9.59 Å². The van der Waals surface area contributed by atoms with Crippen molar-refractivity contribution >= 4 is 45.0 Å². The zero-order valence-electron chi connectivity index (χ0n) is 21.4. The quantitative estimate of drug-likeness (QED) is 0.262. The van der Waals surface area contributed by atoms with E-state index in [0.717, 1.165) is 35.8 Å². The third-order valence-electron chi connectivity index (χ3n) is 6.52. The Morgan fingerprint density at radius 1 is 1.19 bits per heavy atom. The van der Waals surface area contributed by atoms with Crippen LogP contribution in [0.25, 0.3) is 21.8 Å². The molecule has 0 bridgehead atoms. The van der Waals surface area contributed by atoms with E-state index in [4.69, 9.17) is 4.84 Å². The summed E-state index contributed by atoms with van der Waals surface area (Å²) in [6.45, 7) is 8.00. The molecule has 1 aromatic heterocycles. The number of anilines is 1. The fourth-order valence-electron chi connectivity index (χ4n) is 4.84. The lowest BCUT2D eigenvalue weighted by Gasteiger charge is -2.23. The highest BCUT2D eigenvalue weighted by Crippen LogP contribution is 2.31. The molecule has 0 saturated carbocycles. The number of oxime groups is 1. The third-order valence-corrected chi connectivity index (χ3v) is 6.52. The first-order valence-electron chi connectivity index (χ1n) is 12.5. The Bertz CT molecular complexity index is 1290. The van der Waals surface area contributed by atoms with E-state index in [-0.39, 0.29) is 18.4 Å². The smallest absolute Gasteiger partial charge is 0.247 e. The molecule has 1 aliphatic heterocycles. The van der Waals surface area contributed by atoms with Crippen molar-refractivity contribution in [1.29, 1.82) is 0 Å². The average Bonchev–Trinajstić information content (AvgIpc) is 3.43. The van der Waals surface area contributed by atoms with E-state index in [1.165, 1.54) is 5.52 Å². The minimum absolute atomic E-state index is 0.0487. The number of carbonyl (C=O) groups is 2. The average molecular weight is 490 g/mol. The lowest BCUT2D eigenvalue weighted by atomic mass is 10.1. The molecular weight excluding hydrogens is 454 g/mol. The van der Waals surface area contributed by atoms with Crippen LogP contribution in [0.3, 0.4) is 0 Å². The van der Waals surface area contributed by atoms with Crippen molar-refractivity contribution in [2.24, 2.45) is 5.16 Å². The van der Waals surface area contributed by atoms with Crippen LogP contribution in [0.5, 0.6) is 0 Å². The van der Waals surface area contributed by atoms with Gasteiger partial charge in [0.25, 0.3) is 0 Å². The molecule has 2 aromatic carbocycles. The number of amides is 2. The van der Waals surface area contributed by atoms with E-state index < -0.39 is 6.04 Å². The van der Waals surface area contributed by atoms with Crippen LogP contribution >= 0.6 is 0 Å². The Balaban J connectivity index is 1.56. The van der Waals surface area contributed by atoms with Crippen molar-refractivity contribution in [1.82, 2.24) is 14.4 Å². The standard InChI is InChI=1S/C28H35N5O3/c1-5-16-36-30-21-18-26(33(19-21)27(34)12-9-15-31(3)4)28(35)29-20-13-14-25-23(17-20)22-10-7-8-11-24(22)32(25)6-2/h5,7-8,10-11,13-14,17,26H,1,6,9,12,15-16,18-19H2,2-4H3,(H,29,35)/b30-21+/t26-/m0/s1. The molecule has 1 atom stereocenters. The summed E-state index contributed by atoms with van der Waals surface area (Å²) >= 11 is 0. The lowest BCUT2D eigenvalue weighted by molar-refractivity contribution is -0.136. The van der Waals surface area contributed by atoms with Gasteiger partial charge in [-0.05, 0) is 58.3 Å². The SMILES string of the molecule is C=CCO/N=C1\C[C@@H](C(=O)Nc2ccc3c(c2)c2ccccc2n3CC)N(C(=O)CCCN(C)C)C1. The van der Waals surface area contributed by atoms with Crippen molar-refractivity contribution in [2.75, 3.05) is 39.1 Å². The Hall–Kier alpha value is -3.65. The van der Waals surface area contributed by atoms with E-state index in [2.05, 4.69) is 40.7 Å². The first-order valence-corrected chi connectivity index (χ1v) is 12.5. The fraction of sp³-hybridized carbons (Fsp3) is 0.393. The summed E-state index contributed by atoms with van der Waals surface area (Å²) in [5.74, 6) is -0.268. The van der Waals surface area contributed by atoms with Crippen LogP contribution in [0.1, 0.15) is 26.2 Å². The van der Waals surface area contributed by atoms with Gasteiger partial charge in [0.05, 0.1) is 12.3 Å². The summed E-state index contributed by atoms with van der Waals surface area (Å²) in [7, 11) is 3.96. The van der Waals surface area contributed by atoms with E-state index >= 15 is 0 Å². The fourth-order valence-corrected chi connectivity index (χ4v) is 4.84. The number of fused-ring (bicyclic) bond motifs is 3. The van der Waals surface area contributed by atoms with Crippen LogP contribution in [-0.2, 0) is 21.0 Å². The lowest BCUT2D eigenvalue weighted by Crippen LogP contribution is -2.43. The molecule has 1 saturated heterocycles. The number of likely N-dealkylation sites (tertiary alicyclic amines) is 1. The Morgan fingerprint density at radius 2 is 1.97 bits per heavy atom. The molecule has 190 valence electrons. The number of para-hydroxylation sites is 1. The van der Waals surface area contributed by atoms with Gasteiger partial charge in [-0.25, -0.2) is 0 Å². The summed E-state index contributed by atoms with van der Waals surface area (Å²) in [6.07, 6.45) is 3.07. The van der Waals surface area contributed by atoms with Gasteiger partial charge in [0, 0.05) is 46.9 Å². The van der Waals surface area contributed by atoms with Crippen molar-refractivity contribution in [3.63, 3.8) is 0 Å². The van der Waals surface area contributed by atoms with E-state index in [1.54, 1.807) is 11.0 Å². The Kier molecular flexibility index (Phi) is 8.05. The third kappa shape index (κ3) is 5.44. The molecular formula is C28H35N5O3. The highest BCUT2D eigenvalue weighted by Gasteiger charge is 2.38. The number of aryl methyl sites for hydroxylation is 1. The predicted molar refractivity (Wildman–Crippen MR) is 145 cm³/mol. The molecule has 0 aliphatic carbocycles. The normalized spacial score (nSPS) is 16.8. The van der Waals surface area contributed by atoms with Gasteiger partial charge < -0.3 is 24.5 Å².